The Morgan fingerprint density at radius 2 is 1.75 bits per heavy atom. The van der Waals surface area contributed by atoms with Gasteiger partial charge in [-0.2, -0.15) is 13.2 Å². The van der Waals surface area contributed by atoms with Crippen LogP contribution in [0.3, 0.4) is 0 Å². The normalized spacial score (nSPS) is 20.2. The summed E-state index contributed by atoms with van der Waals surface area (Å²) in [5.41, 5.74) is 0.853. The molecule has 1 aromatic carbocycles. The van der Waals surface area contributed by atoms with Crippen molar-refractivity contribution in [3.05, 3.63) is 83.3 Å². The van der Waals surface area contributed by atoms with Crippen molar-refractivity contribution in [3.8, 4) is 0 Å². The minimum atomic E-state index is -4.40. The molecule has 0 saturated carbocycles. The number of benzene rings is 1. The molecule has 2 aromatic heterocycles. The average molecular weight is 500 g/mol. The van der Waals surface area contributed by atoms with Crippen LogP contribution in [0.1, 0.15) is 52.5 Å². The third-order valence-corrected chi connectivity index (χ3v) is 6.97. The van der Waals surface area contributed by atoms with Gasteiger partial charge in [0.1, 0.15) is 6.33 Å². The van der Waals surface area contributed by atoms with Crippen LogP contribution in [0.25, 0.3) is 0 Å². The Morgan fingerprint density at radius 3 is 2.47 bits per heavy atom. The quantitative estimate of drug-likeness (QED) is 0.459. The Balaban J connectivity index is 1.30. The van der Waals surface area contributed by atoms with E-state index in [1.807, 2.05) is 4.90 Å². The maximum Gasteiger partial charge on any atom is 0.416 e. The van der Waals surface area contributed by atoms with Gasteiger partial charge in [0.25, 0.3) is 5.91 Å². The third kappa shape index (κ3) is 4.89. The monoisotopic (exact) mass is 499 g/mol. The lowest BCUT2D eigenvalue weighted by Crippen LogP contribution is -2.29. The molecule has 0 bridgehead atoms. The van der Waals surface area contributed by atoms with Crippen molar-refractivity contribution in [2.24, 2.45) is 5.92 Å². The molecule has 0 spiro atoms. The van der Waals surface area contributed by atoms with E-state index in [0.717, 1.165) is 25.0 Å². The average Bonchev–Trinajstić information content (AvgIpc) is 3.55. The zero-order valence-corrected chi connectivity index (χ0v) is 19.5. The van der Waals surface area contributed by atoms with Gasteiger partial charge in [-0.25, -0.2) is 14.4 Å². The van der Waals surface area contributed by atoms with E-state index >= 15 is 4.39 Å². The first-order valence-corrected chi connectivity index (χ1v) is 11.9. The van der Waals surface area contributed by atoms with Gasteiger partial charge >= 0.3 is 6.18 Å². The number of rotatable bonds is 5. The van der Waals surface area contributed by atoms with Crippen LogP contribution in [-0.4, -0.2) is 45.4 Å². The minimum absolute atomic E-state index is 0.0670. The SMILES string of the molecule is O=C(c1ccncc1)N1CCC(Cc2ncnc(N3CCCC3c3ccc(C(F)(F)F)cc3)c2F)C1. The molecule has 2 saturated heterocycles. The van der Waals surface area contributed by atoms with Crippen LogP contribution >= 0.6 is 0 Å². The molecule has 6 nitrogen and oxygen atoms in total. The van der Waals surface area contributed by atoms with Crippen molar-refractivity contribution < 1.29 is 22.4 Å². The first-order chi connectivity index (χ1) is 17.3. The summed E-state index contributed by atoms with van der Waals surface area (Å²) in [4.78, 5) is 28.6. The van der Waals surface area contributed by atoms with Crippen LogP contribution in [-0.2, 0) is 12.6 Å². The fourth-order valence-electron chi connectivity index (χ4n) is 5.13. The van der Waals surface area contributed by atoms with Crippen molar-refractivity contribution in [2.45, 2.75) is 37.9 Å². The first kappa shape index (κ1) is 24.1. The molecule has 0 N–H and O–H groups in total. The molecule has 2 fully saturated rings. The summed E-state index contributed by atoms with van der Waals surface area (Å²) in [5, 5.41) is 0. The number of amides is 1. The van der Waals surface area contributed by atoms with Crippen molar-refractivity contribution in [1.29, 1.82) is 0 Å². The standard InChI is InChI=1S/C26H25F4N5O/c27-23-21(14-17-9-13-34(15-17)25(36)19-7-10-31-11-8-19)32-16-33-24(23)35-12-1-2-22(35)18-3-5-20(6-4-18)26(28,29)30/h3-8,10-11,16-17,22H,1-2,9,12-15H2. The summed E-state index contributed by atoms with van der Waals surface area (Å²) in [6.07, 6.45) is 2.68. The fourth-order valence-corrected chi connectivity index (χ4v) is 5.13. The number of hydrogen-bond acceptors (Lipinski definition) is 5. The summed E-state index contributed by atoms with van der Waals surface area (Å²) < 4.78 is 54.5. The predicted molar refractivity (Wildman–Crippen MR) is 125 cm³/mol. The van der Waals surface area contributed by atoms with Crippen molar-refractivity contribution >= 4 is 11.7 Å². The molecular weight excluding hydrogens is 474 g/mol. The number of carbonyl (C=O) groups excluding carboxylic acids is 1. The van der Waals surface area contributed by atoms with Gasteiger partial charge in [0.05, 0.1) is 17.3 Å². The van der Waals surface area contributed by atoms with Crippen molar-refractivity contribution in [1.82, 2.24) is 19.9 Å². The summed E-state index contributed by atoms with van der Waals surface area (Å²) >= 11 is 0. The molecule has 0 aliphatic carbocycles. The van der Waals surface area contributed by atoms with Gasteiger partial charge in [-0.3, -0.25) is 9.78 Å². The van der Waals surface area contributed by atoms with Gasteiger partial charge in [-0.05, 0) is 61.4 Å². The van der Waals surface area contributed by atoms with Crippen LogP contribution in [0, 0.1) is 11.7 Å². The Labute approximate surface area is 206 Å². The highest BCUT2D eigenvalue weighted by Crippen LogP contribution is 2.38. The molecule has 2 atom stereocenters. The molecule has 188 valence electrons. The van der Waals surface area contributed by atoms with Crippen LogP contribution in [0.5, 0.6) is 0 Å². The Bertz CT molecular complexity index is 1220. The highest BCUT2D eigenvalue weighted by atomic mass is 19.4. The molecule has 5 rings (SSSR count). The molecule has 3 aromatic rings. The zero-order valence-electron chi connectivity index (χ0n) is 19.5. The third-order valence-electron chi connectivity index (χ3n) is 6.97. The van der Waals surface area contributed by atoms with Gasteiger partial charge in [0.2, 0.25) is 0 Å². The van der Waals surface area contributed by atoms with Gasteiger partial charge in [-0.1, -0.05) is 12.1 Å². The van der Waals surface area contributed by atoms with Gasteiger partial charge in [-0.15, -0.1) is 0 Å². The van der Waals surface area contributed by atoms with E-state index in [4.69, 9.17) is 0 Å². The maximum atomic E-state index is 15.6. The molecular formula is C26H25F4N5O. The van der Waals surface area contributed by atoms with E-state index in [0.29, 0.717) is 49.3 Å². The number of anilines is 1. The molecule has 1 amide bonds. The smallest absolute Gasteiger partial charge is 0.347 e. The Hall–Kier alpha value is -3.56. The van der Waals surface area contributed by atoms with E-state index < -0.39 is 17.6 Å². The number of hydrogen-bond donors (Lipinski definition) is 0. The predicted octanol–water partition coefficient (Wildman–Crippen LogP) is 5.08. The Kier molecular flexibility index (Phi) is 6.59. The molecule has 10 heteroatoms. The number of aromatic nitrogens is 3. The van der Waals surface area contributed by atoms with E-state index in [1.165, 1.54) is 18.5 Å². The number of pyridine rings is 1. The van der Waals surface area contributed by atoms with Gasteiger partial charge in [0, 0.05) is 37.6 Å². The lowest BCUT2D eigenvalue weighted by atomic mass is 10.0. The van der Waals surface area contributed by atoms with E-state index in [-0.39, 0.29) is 23.7 Å². The van der Waals surface area contributed by atoms with Gasteiger partial charge < -0.3 is 9.80 Å². The van der Waals surface area contributed by atoms with Crippen LogP contribution in [0.15, 0.2) is 55.1 Å². The second-order valence-corrected chi connectivity index (χ2v) is 9.28. The number of alkyl halides is 3. The molecule has 2 unspecified atom stereocenters. The maximum absolute atomic E-state index is 15.6. The molecule has 0 radical (unpaired) electrons. The van der Waals surface area contributed by atoms with E-state index in [2.05, 4.69) is 15.0 Å². The topological polar surface area (TPSA) is 62.2 Å². The number of nitrogens with zero attached hydrogens (tertiary/aromatic N) is 5. The number of halogens is 4. The minimum Gasteiger partial charge on any atom is -0.347 e. The van der Waals surface area contributed by atoms with Crippen molar-refractivity contribution in [3.63, 3.8) is 0 Å². The second kappa shape index (κ2) is 9.83. The lowest BCUT2D eigenvalue weighted by molar-refractivity contribution is -0.137. The van der Waals surface area contributed by atoms with Crippen LogP contribution in [0.4, 0.5) is 23.4 Å². The fraction of sp³-hybridized carbons (Fsp3) is 0.385. The zero-order chi connectivity index (χ0) is 25.3. The van der Waals surface area contributed by atoms with Gasteiger partial charge in [0.15, 0.2) is 11.6 Å². The van der Waals surface area contributed by atoms with Crippen molar-refractivity contribution in [2.75, 3.05) is 24.5 Å². The first-order valence-electron chi connectivity index (χ1n) is 11.9. The van der Waals surface area contributed by atoms with Crippen LogP contribution in [0.2, 0.25) is 0 Å². The molecule has 4 heterocycles. The Morgan fingerprint density at radius 1 is 1.00 bits per heavy atom. The molecule has 2 aliphatic rings. The molecule has 36 heavy (non-hydrogen) atoms. The lowest BCUT2D eigenvalue weighted by Gasteiger charge is -2.27. The largest absolute Gasteiger partial charge is 0.416 e. The highest BCUT2D eigenvalue weighted by molar-refractivity contribution is 5.94. The van der Waals surface area contributed by atoms with E-state index in [9.17, 15) is 18.0 Å². The number of carbonyl (C=O) groups is 1. The summed E-state index contributed by atoms with van der Waals surface area (Å²) in [5.74, 6) is -0.335. The molecule has 2 aliphatic heterocycles. The second-order valence-electron chi connectivity index (χ2n) is 9.28. The summed E-state index contributed by atoms with van der Waals surface area (Å²) in [6.45, 7) is 1.65. The van der Waals surface area contributed by atoms with E-state index in [1.54, 1.807) is 29.4 Å². The summed E-state index contributed by atoms with van der Waals surface area (Å²) in [6, 6.07) is 8.13. The number of likely N-dealkylation sites (tertiary alicyclic amines) is 1. The van der Waals surface area contributed by atoms with Crippen LogP contribution < -0.4 is 4.90 Å². The highest BCUT2D eigenvalue weighted by Gasteiger charge is 2.34. The summed E-state index contributed by atoms with van der Waals surface area (Å²) in [7, 11) is 0.